The third-order valence-corrected chi connectivity index (χ3v) is 6.05. The second-order valence-corrected chi connectivity index (χ2v) is 9.07. The van der Waals surface area contributed by atoms with Crippen LogP contribution in [0.4, 0.5) is 5.69 Å². The fraction of sp³-hybridized carbons (Fsp3) is 0.222. The van der Waals surface area contributed by atoms with Crippen molar-refractivity contribution < 1.29 is 18.0 Å². The molecule has 2 amide bonds. The number of nitrogens with one attached hydrogen (secondary N) is 2. The molecule has 0 spiro atoms. The van der Waals surface area contributed by atoms with Crippen LogP contribution in [-0.4, -0.2) is 45.2 Å². The van der Waals surface area contributed by atoms with E-state index in [0.717, 1.165) is 14.3 Å². The van der Waals surface area contributed by atoms with Gasteiger partial charge in [0.25, 0.3) is 5.91 Å². The number of anilines is 1. The van der Waals surface area contributed by atoms with Crippen molar-refractivity contribution in [1.82, 2.24) is 9.62 Å². The molecule has 0 radical (unpaired) electrons. The number of halogens is 1. The summed E-state index contributed by atoms with van der Waals surface area (Å²) in [4.78, 5) is 24.3. The summed E-state index contributed by atoms with van der Waals surface area (Å²) < 4.78 is 26.3. The fourth-order valence-corrected chi connectivity index (χ4v) is 3.66. The maximum Gasteiger partial charge on any atom is 0.251 e. The molecule has 0 saturated heterocycles. The maximum absolute atomic E-state index is 12.3. The van der Waals surface area contributed by atoms with Gasteiger partial charge in [0.1, 0.15) is 0 Å². The number of aryl methyl sites for hydroxylation is 1. The summed E-state index contributed by atoms with van der Waals surface area (Å²) in [5.41, 5.74) is 1.69. The molecule has 2 rings (SSSR count). The zero-order valence-electron chi connectivity index (χ0n) is 15.1. The normalized spacial score (nSPS) is 11.3. The second kappa shape index (κ2) is 8.64. The smallest absolute Gasteiger partial charge is 0.251 e. The largest absolute Gasteiger partial charge is 0.343 e. The first-order chi connectivity index (χ1) is 12.6. The molecule has 0 atom stereocenters. The van der Waals surface area contributed by atoms with E-state index >= 15 is 0 Å². The lowest BCUT2D eigenvalue weighted by Crippen LogP contribution is -2.33. The van der Waals surface area contributed by atoms with Gasteiger partial charge in [-0.1, -0.05) is 22.0 Å². The van der Waals surface area contributed by atoms with E-state index in [4.69, 9.17) is 0 Å². The first-order valence-electron chi connectivity index (χ1n) is 7.98. The van der Waals surface area contributed by atoms with Gasteiger partial charge in [0.15, 0.2) is 0 Å². The van der Waals surface area contributed by atoms with Gasteiger partial charge < -0.3 is 10.6 Å². The van der Waals surface area contributed by atoms with Crippen LogP contribution in [0.3, 0.4) is 0 Å². The van der Waals surface area contributed by atoms with Gasteiger partial charge in [0.05, 0.1) is 11.4 Å². The summed E-state index contributed by atoms with van der Waals surface area (Å²) in [7, 11) is -0.817. The molecule has 27 heavy (non-hydrogen) atoms. The molecular formula is C18H20BrN3O4S. The van der Waals surface area contributed by atoms with Gasteiger partial charge in [-0.3, -0.25) is 9.59 Å². The lowest BCUT2D eigenvalue weighted by molar-refractivity contribution is -0.115. The van der Waals surface area contributed by atoms with Crippen molar-refractivity contribution in [2.45, 2.75) is 11.8 Å². The van der Waals surface area contributed by atoms with Gasteiger partial charge in [0, 0.05) is 29.8 Å². The van der Waals surface area contributed by atoms with E-state index in [1.54, 1.807) is 12.1 Å². The number of benzene rings is 2. The van der Waals surface area contributed by atoms with Crippen molar-refractivity contribution in [3.63, 3.8) is 0 Å². The molecule has 0 fully saturated rings. The highest BCUT2D eigenvalue weighted by atomic mass is 79.9. The van der Waals surface area contributed by atoms with Gasteiger partial charge >= 0.3 is 0 Å². The van der Waals surface area contributed by atoms with E-state index in [1.807, 2.05) is 13.0 Å². The Labute approximate surface area is 166 Å². The Kier molecular flexibility index (Phi) is 6.74. The average molecular weight is 454 g/mol. The van der Waals surface area contributed by atoms with Crippen LogP contribution < -0.4 is 10.6 Å². The predicted molar refractivity (Wildman–Crippen MR) is 107 cm³/mol. The molecule has 0 bridgehead atoms. The zero-order chi connectivity index (χ0) is 20.2. The monoisotopic (exact) mass is 453 g/mol. The maximum atomic E-state index is 12.3. The highest BCUT2D eigenvalue weighted by molar-refractivity contribution is 9.10. The average Bonchev–Trinajstić information content (AvgIpc) is 2.62. The van der Waals surface area contributed by atoms with Crippen LogP contribution >= 0.6 is 15.9 Å². The quantitative estimate of drug-likeness (QED) is 0.701. The Bertz CT molecular complexity index is 974. The first-order valence-corrected chi connectivity index (χ1v) is 10.2. The van der Waals surface area contributed by atoms with Crippen LogP contribution in [0.1, 0.15) is 15.9 Å². The molecule has 0 heterocycles. The summed E-state index contributed by atoms with van der Waals surface area (Å²) in [6.07, 6.45) is 0. The number of sulfonamides is 1. The first kappa shape index (κ1) is 21.1. The highest BCUT2D eigenvalue weighted by Crippen LogP contribution is 2.20. The Morgan fingerprint density at radius 2 is 1.81 bits per heavy atom. The van der Waals surface area contributed by atoms with Crippen LogP contribution in [0.2, 0.25) is 0 Å². The summed E-state index contributed by atoms with van der Waals surface area (Å²) in [5, 5.41) is 5.21. The van der Waals surface area contributed by atoms with E-state index in [9.17, 15) is 18.0 Å². The van der Waals surface area contributed by atoms with E-state index in [0.29, 0.717) is 5.69 Å². The molecule has 0 aromatic heterocycles. The molecule has 7 nitrogen and oxygen atoms in total. The van der Waals surface area contributed by atoms with E-state index in [2.05, 4.69) is 26.6 Å². The number of amides is 2. The predicted octanol–water partition coefficient (Wildman–Crippen LogP) is 2.38. The SMILES string of the molecule is Cc1cc(Br)ccc1NC(=O)CNC(=O)c1cccc(S(=O)(=O)N(C)C)c1. The number of carbonyl (C=O) groups is 2. The van der Waals surface area contributed by atoms with Crippen molar-refractivity contribution >= 4 is 43.5 Å². The van der Waals surface area contributed by atoms with Crippen molar-refractivity contribution in [1.29, 1.82) is 0 Å². The van der Waals surface area contributed by atoms with Crippen LogP contribution in [-0.2, 0) is 14.8 Å². The van der Waals surface area contributed by atoms with E-state index in [1.165, 1.54) is 38.4 Å². The number of carbonyl (C=O) groups excluding carboxylic acids is 2. The van der Waals surface area contributed by atoms with E-state index < -0.39 is 15.9 Å². The van der Waals surface area contributed by atoms with Gasteiger partial charge in [-0.25, -0.2) is 12.7 Å². The van der Waals surface area contributed by atoms with Crippen LogP contribution in [0, 0.1) is 6.92 Å². The van der Waals surface area contributed by atoms with Gasteiger partial charge in [-0.2, -0.15) is 0 Å². The molecule has 2 aromatic rings. The Morgan fingerprint density at radius 1 is 1.11 bits per heavy atom. The van der Waals surface area contributed by atoms with Crippen molar-refractivity contribution in [3.8, 4) is 0 Å². The minimum atomic E-state index is -3.64. The number of hydrogen-bond acceptors (Lipinski definition) is 4. The topological polar surface area (TPSA) is 95.6 Å². The summed E-state index contributed by atoms with van der Waals surface area (Å²) in [5.74, 6) is -0.917. The van der Waals surface area contributed by atoms with E-state index in [-0.39, 0.29) is 22.9 Å². The second-order valence-electron chi connectivity index (χ2n) is 6.01. The molecular weight excluding hydrogens is 434 g/mol. The number of nitrogens with zero attached hydrogens (tertiary/aromatic N) is 1. The summed E-state index contributed by atoms with van der Waals surface area (Å²) in [6.45, 7) is 1.62. The molecule has 0 unspecified atom stereocenters. The molecule has 0 aliphatic rings. The summed E-state index contributed by atoms with van der Waals surface area (Å²) in [6, 6.07) is 11.1. The molecule has 2 N–H and O–H groups in total. The van der Waals surface area contributed by atoms with Crippen LogP contribution in [0.5, 0.6) is 0 Å². The molecule has 0 saturated carbocycles. The lowest BCUT2D eigenvalue weighted by atomic mass is 10.2. The van der Waals surface area contributed by atoms with Crippen molar-refractivity contribution in [2.75, 3.05) is 26.0 Å². The lowest BCUT2D eigenvalue weighted by Gasteiger charge is -2.12. The Balaban J connectivity index is 2.02. The number of hydrogen-bond donors (Lipinski definition) is 2. The van der Waals surface area contributed by atoms with Crippen LogP contribution in [0.25, 0.3) is 0 Å². The third kappa shape index (κ3) is 5.38. The Hall–Kier alpha value is -2.23. The minimum Gasteiger partial charge on any atom is -0.343 e. The highest BCUT2D eigenvalue weighted by Gasteiger charge is 2.19. The third-order valence-electron chi connectivity index (χ3n) is 3.75. The summed E-state index contributed by atoms with van der Waals surface area (Å²) >= 11 is 3.35. The molecule has 0 aliphatic carbocycles. The Morgan fingerprint density at radius 3 is 2.44 bits per heavy atom. The molecule has 9 heteroatoms. The minimum absolute atomic E-state index is 0.00934. The molecule has 0 aliphatic heterocycles. The zero-order valence-corrected chi connectivity index (χ0v) is 17.5. The van der Waals surface area contributed by atoms with Gasteiger partial charge in [-0.15, -0.1) is 0 Å². The standard InChI is InChI=1S/C18H20BrN3O4S/c1-12-9-14(19)7-8-16(12)21-17(23)11-20-18(24)13-5-4-6-15(10-13)27(25,26)22(2)3/h4-10H,11H2,1-3H3,(H,20,24)(H,21,23). The van der Waals surface area contributed by atoms with Gasteiger partial charge in [-0.05, 0) is 48.9 Å². The van der Waals surface area contributed by atoms with Gasteiger partial charge in [0.2, 0.25) is 15.9 Å². The van der Waals surface area contributed by atoms with Crippen LogP contribution in [0.15, 0.2) is 51.8 Å². The molecule has 144 valence electrons. The van der Waals surface area contributed by atoms with Crippen molar-refractivity contribution in [3.05, 3.63) is 58.1 Å². The number of rotatable bonds is 6. The fourth-order valence-electron chi connectivity index (χ4n) is 2.23. The molecule has 2 aromatic carbocycles. The van der Waals surface area contributed by atoms with Crippen molar-refractivity contribution in [2.24, 2.45) is 0 Å².